The van der Waals surface area contributed by atoms with E-state index < -0.39 is 6.09 Å². The third-order valence-corrected chi connectivity index (χ3v) is 3.10. The summed E-state index contributed by atoms with van der Waals surface area (Å²) in [5, 5.41) is 27.9. The predicted octanol–water partition coefficient (Wildman–Crippen LogP) is 1.47. The van der Waals surface area contributed by atoms with E-state index in [1.54, 1.807) is 19.1 Å². The van der Waals surface area contributed by atoms with Crippen LogP contribution in [0.15, 0.2) is 18.3 Å². The minimum absolute atomic E-state index is 0.0831. The van der Waals surface area contributed by atoms with Gasteiger partial charge in [-0.3, -0.25) is 5.32 Å². The maximum Gasteiger partial charge on any atom is 0.411 e. The molecule has 1 aromatic carbocycles. The topological polar surface area (TPSA) is 147 Å². The zero-order chi connectivity index (χ0) is 17.6. The maximum atomic E-state index is 11.7. The predicted molar refractivity (Wildman–Crippen MR) is 84.6 cm³/mol. The first-order valence-electron chi connectivity index (χ1n) is 7.19. The van der Waals surface area contributed by atoms with E-state index in [0.29, 0.717) is 22.9 Å². The molecule has 1 aliphatic heterocycles. The molecule has 1 amide bonds. The summed E-state index contributed by atoms with van der Waals surface area (Å²) in [5.41, 5.74) is 1.01. The molecule has 3 N–H and O–H groups in total. The van der Waals surface area contributed by atoms with E-state index in [2.05, 4.69) is 31.3 Å². The van der Waals surface area contributed by atoms with Crippen LogP contribution in [0.25, 0.3) is 5.57 Å². The van der Waals surface area contributed by atoms with Crippen molar-refractivity contribution in [1.82, 2.24) is 20.6 Å². The molecule has 2 heterocycles. The first-order chi connectivity index (χ1) is 12.2. The number of ether oxygens (including phenoxy) is 3. The Kier molecular flexibility index (Phi) is 4.61. The van der Waals surface area contributed by atoms with Crippen molar-refractivity contribution in [3.63, 3.8) is 0 Å². The Hall–Kier alpha value is -3.81. The van der Waals surface area contributed by atoms with Crippen LogP contribution in [-0.4, -0.2) is 40.1 Å². The average Bonchev–Trinajstić information content (AvgIpc) is 3.27. The number of aromatic amines is 1. The number of allylic oxidation sites excluding steroid dienone is 1. The van der Waals surface area contributed by atoms with Crippen molar-refractivity contribution >= 4 is 23.0 Å². The van der Waals surface area contributed by atoms with Crippen LogP contribution < -0.4 is 20.1 Å². The molecule has 25 heavy (non-hydrogen) atoms. The van der Waals surface area contributed by atoms with Gasteiger partial charge in [-0.15, -0.1) is 10.2 Å². The monoisotopic (exact) mass is 343 g/mol. The van der Waals surface area contributed by atoms with E-state index in [9.17, 15) is 10.1 Å². The van der Waals surface area contributed by atoms with Crippen LogP contribution >= 0.6 is 0 Å². The number of H-pyrrole nitrogens is 1. The number of carbonyl (C=O) groups is 1. The van der Waals surface area contributed by atoms with Crippen molar-refractivity contribution in [2.75, 3.05) is 24.0 Å². The Balaban J connectivity index is 1.88. The zero-order valence-corrected chi connectivity index (χ0v) is 13.1. The molecule has 0 saturated carbocycles. The third-order valence-electron chi connectivity index (χ3n) is 3.10. The lowest BCUT2D eigenvalue weighted by molar-refractivity contribution is 0.168. The van der Waals surface area contributed by atoms with Gasteiger partial charge in [0.2, 0.25) is 12.6 Å². The highest BCUT2D eigenvalue weighted by molar-refractivity contribution is 5.91. The van der Waals surface area contributed by atoms with Crippen molar-refractivity contribution in [2.24, 2.45) is 0 Å². The van der Waals surface area contributed by atoms with E-state index >= 15 is 0 Å². The summed E-state index contributed by atoms with van der Waals surface area (Å²) in [5.74, 6) is 1.12. The zero-order valence-electron chi connectivity index (χ0n) is 13.1. The summed E-state index contributed by atoms with van der Waals surface area (Å²) >= 11 is 0. The molecule has 0 unspecified atom stereocenters. The lowest BCUT2D eigenvalue weighted by atomic mass is 10.2. The van der Waals surface area contributed by atoms with Crippen LogP contribution in [0.1, 0.15) is 12.7 Å². The van der Waals surface area contributed by atoms with Crippen LogP contribution in [-0.2, 0) is 4.74 Å². The van der Waals surface area contributed by atoms with Crippen LogP contribution in [0.2, 0.25) is 0 Å². The second-order valence-electron chi connectivity index (χ2n) is 4.65. The van der Waals surface area contributed by atoms with Crippen molar-refractivity contribution < 1.29 is 19.0 Å². The molecule has 11 heteroatoms. The molecule has 0 atom stereocenters. The highest BCUT2D eigenvalue weighted by atomic mass is 16.7. The highest BCUT2D eigenvalue weighted by Gasteiger charge is 2.19. The van der Waals surface area contributed by atoms with Gasteiger partial charge in [0.25, 0.3) is 0 Å². The largest absolute Gasteiger partial charge is 0.454 e. The molecule has 1 aliphatic rings. The van der Waals surface area contributed by atoms with Crippen molar-refractivity contribution in [2.45, 2.75) is 6.92 Å². The smallest absolute Gasteiger partial charge is 0.411 e. The first-order valence-corrected chi connectivity index (χ1v) is 7.19. The maximum absolute atomic E-state index is 11.7. The first kappa shape index (κ1) is 16.1. The Morgan fingerprint density at radius 3 is 2.84 bits per heavy atom. The quantitative estimate of drug-likeness (QED) is 0.686. The van der Waals surface area contributed by atoms with Gasteiger partial charge in [0, 0.05) is 18.3 Å². The normalized spacial score (nSPS) is 12.4. The van der Waals surface area contributed by atoms with Crippen LogP contribution in [0.4, 0.5) is 16.2 Å². The fourth-order valence-corrected chi connectivity index (χ4v) is 2.01. The van der Waals surface area contributed by atoms with E-state index in [1.165, 1.54) is 6.20 Å². The Morgan fingerprint density at radius 1 is 1.44 bits per heavy atom. The second-order valence-corrected chi connectivity index (χ2v) is 4.65. The van der Waals surface area contributed by atoms with E-state index in [4.69, 9.17) is 14.2 Å². The molecule has 11 nitrogen and oxygen atoms in total. The summed E-state index contributed by atoms with van der Waals surface area (Å²) in [6.45, 7) is 2.01. The second kappa shape index (κ2) is 7.18. The van der Waals surface area contributed by atoms with Gasteiger partial charge in [0.15, 0.2) is 11.5 Å². The molecule has 0 bridgehead atoms. The number of nitrogens with zero attached hydrogens (tertiary/aromatic N) is 4. The van der Waals surface area contributed by atoms with Crippen molar-refractivity contribution in [3.05, 3.63) is 24.2 Å². The molecule has 0 fully saturated rings. The van der Waals surface area contributed by atoms with Crippen LogP contribution in [0, 0.1) is 11.3 Å². The molecule has 3 rings (SSSR count). The molecule has 0 aliphatic carbocycles. The minimum atomic E-state index is -0.618. The third kappa shape index (κ3) is 3.58. The molecule has 0 saturated heterocycles. The number of benzene rings is 1. The number of nitrogens with one attached hydrogen (secondary N) is 3. The number of tetrazole rings is 1. The number of anilines is 2. The number of amides is 1. The highest BCUT2D eigenvalue weighted by Crippen LogP contribution is 2.39. The number of hydrogen-bond donors (Lipinski definition) is 3. The Bertz CT molecular complexity index is 842. The van der Waals surface area contributed by atoms with E-state index in [0.717, 1.165) is 0 Å². The fraction of sp³-hybridized carbons (Fsp3) is 0.214. The minimum Gasteiger partial charge on any atom is -0.454 e. The summed E-state index contributed by atoms with van der Waals surface area (Å²) in [4.78, 5) is 11.7. The number of rotatable bonds is 5. The standard InChI is InChI=1S/C14H13N7O4/c1-2-23-14(22)17-10-4-12-11(24-7-25-12)3-9(10)16-6-8(5-15)13-18-20-21-19-13/h3-4,6,16H,2,7H2,1H3,(H,17,22)(H,18,19,20,21). The number of nitriles is 1. The fourth-order valence-electron chi connectivity index (χ4n) is 2.01. The molecular formula is C14H13N7O4. The van der Waals surface area contributed by atoms with Gasteiger partial charge in [-0.2, -0.15) is 10.5 Å². The lowest BCUT2D eigenvalue weighted by Crippen LogP contribution is -2.14. The molecule has 0 radical (unpaired) electrons. The van der Waals surface area contributed by atoms with E-state index in [-0.39, 0.29) is 24.8 Å². The van der Waals surface area contributed by atoms with Crippen molar-refractivity contribution in [1.29, 1.82) is 5.26 Å². The van der Waals surface area contributed by atoms with Gasteiger partial charge in [-0.05, 0) is 12.1 Å². The Morgan fingerprint density at radius 2 is 2.20 bits per heavy atom. The van der Waals surface area contributed by atoms with Crippen LogP contribution in [0.5, 0.6) is 11.5 Å². The van der Waals surface area contributed by atoms with Gasteiger partial charge >= 0.3 is 6.09 Å². The average molecular weight is 343 g/mol. The number of fused-ring (bicyclic) bond motifs is 1. The number of hydrogen-bond acceptors (Lipinski definition) is 9. The summed E-state index contributed by atoms with van der Waals surface area (Å²) < 4.78 is 15.5. The van der Waals surface area contributed by atoms with Gasteiger partial charge in [-0.1, -0.05) is 0 Å². The van der Waals surface area contributed by atoms with Crippen LogP contribution in [0.3, 0.4) is 0 Å². The SMILES string of the molecule is CCOC(=O)Nc1cc2c(cc1NC=C(C#N)c1nn[nH]n1)OCO2. The van der Waals surface area contributed by atoms with Crippen molar-refractivity contribution in [3.8, 4) is 17.6 Å². The van der Waals surface area contributed by atoms with E-state index in [1.807, 2.05) is 6.07 Å². The summed E-state index contributed by atoms with van der Waals surface area (Å²) in [6, 6.07) is 5.18. The number of carbonyl (C=O) groups excluding carboxylic acids is 1. The summed E-state index contributed by atoms with van der Waals surface area (Å²) in [6.07, 6.45) is 0.769. The summed E-state index contributed by atoms with van der Waals surface area (Å²) in [7, 11) is 0. The van der Waals surface area contributed by atoms with Gasteiger partial charge in [-0.25, -0.2) is 4.79 Å². The van der Waals surface area contributed by atoms with Gasteiger partial charge in [0.1, 0.15) is 11.6 Å². The molecule has 128 valence electrons. The molecular weight excluding hydrogens is 330 g/mol. The molecule has 0 spiro atoms. The number of aromatic nitrogens is 4. The molecule has 1 aromatic heterocycles. The Labute approximate surface area is 141 Å². The van der Waals surface area contributed by atoms with Gasteiger partial charge in [0.05, 0.1) is 18.0 Å². The van der Waals surface area contributed by atoms with Gasteiger partial charge < -0.3 is 19.5 Å². The molecule has 2 aromatic rings. The lowest BCUT2D eigenvalue weighted by Gasteiger charge is -2.12.